The van der Waals surface area contributed by atoms with Crippen molar-refractivity contribution in [2.24, 2.45) is 0 Å². The van der Waals surface area contributed by atoms with E-state index in [1.54, 1.807) is 0 Å². The van der Waals surface area contributed by atoms with Gasteiger partial charge in [-0.3, -0.25) is 0 Å². The SMILES string of the molecule is CCNCc1cnn(-c2cc(C)ccc2C)c1C. The predicted molar refractivity (Wildman–Crippen MR) is 75.2 cm³/mol. The highest BCUT2D eigenvalue weighted by atomic mass is 15.3. The van der Waals surface area contributed by atoms with Crippen LogP contribution < -0.4 is 5.32 Å². The molecule has 1 aromatic carbocycles. The monoisotopic (exact) mass is 243 g/mol. The van der Waals surface area contributed by atoms with Gasteiger partial charge in [0.2, 0.25) is 0 Å². The van der Waals surface area contributed by atoms with Gasteiger partial charge in [-0.05, 0) is 44.5 Å². The maximum Gasteiger partial charge on any atom is 0.0680 e. The first kappa shape index (κ1) is 12.8. The smallest absolute Gasteiger partial charge is 0.0680 e. The van der Waals surface area contributed by atoms with Crippen molar-refractivity contribution in [3.05, 3.63) is 46.8 Å². The molecular formula is C15H21N3. The van der Waals surface area contributed by atoms with Crippen molar-refractivity contribution in [3.63, 3.8) is 0 Å². The van der Waals surface area contributed by atoms with Crippen LogP contribution in [0.25, 0.3) is 5.69 Å². The summed E-state index contributed by atoms with van der Waals surface area (Å²) in [5.74, 6) is 0. The second-order valence-corrected chi connectivity index (χ2v) is 4.74. The van der Waals surface area contributed by atoms with Crippen LogP contribution in [0.4, 0.5) is 0 Å². The highest BCUT2D eigenvalue weighted by molar-refractivity contribution is 5.44. The number of hydrogen-bond acceptors (Lipinski definition) is 2. The van der Waals surface area contributed by atoms with Gasteiger partial charge in [0.05, 0.1) is 11.9 Å². The highest BCUT2D eigenvalue weighted by Crippen LogP contribution is 2.19. The van der Waals surface area contributed by atoms with Crippen LogP contribution in [0.5, 0.6) is 0 Å². The number of hydrogen-bond donors (Lipinski definition) is 1. The number of nitrogens with zero attached hydrogens (tertiary/aromatic N) is 2. The average Bonchev–Trinajstić information content (AvgIpc) is 2.71. The quantitative estimate of drug-likeness (QED) is 0.895. The second-order valence-electron chi connectivity index (χ2n) is 4.74. The molecule has 3 heteroatoms. The summed E-state index contributed by atoms with van der Waals surface area (Å²) < 4.78 is 2.04. The van der Waals surface area contributed by atoms with Gasteiger partial charge in [-0.2, -0.15) is 5.10 Å². The van der Waals surface area contributed by atoms with E-state index in [0.29, 0.717) is 0 Å². The minimum absolute atomic E-state index is 0.882. The fourth-order valence-electron chi connectivity index (χ4n) is 2.07. The second kappa shape index (κ2) is 5.36. The van der Waals surface area contributed by atoms with E-state index < -0.39 is 0 Å². The Bertz CT molecular complexity index is 541. The number of rotatable bonds is 4. The molecule has 2 aromatic rings. The van der Waals surface area contributed by atoms with Crippen molar-refractivity contribution in [2.75, 3.05) is 6.54 Å². The van der Waals surface area contributed by atoms with Gasteiger partial charge in [0, 0.05) is 17.8 Å². The van der Waals surface area contributed by atoms with Crippen LogP contribution in [0, 0.1) is 20.8 Å². The molecule has 0 saturated heterocycles. The predicted octanol–water partition coefficient (Wildman–Crippen LogP) is 2.91. The zero-order valence-electron chi connectivity index (χ0n) is 11.6. The fraction of sp³-hybridized carbons (Fsp3) is 0.400. The Morgan fingerprint density at radius 3 is 2.72 bits per heavy atom. The Balaban J connectivity index is 2.39. The normalized spacial score (nSPS) is 10.9. The van der Waals surface area contributed by atoms with E-state index in [4.69, 9.17) is 0 Å². The number of nitrogens with one attached hydrogen (secondary N) is 1. The molecule has 0 fully saturated rings. The van der Waals surface area contributed by atoms with Crippen molar-refractivity contribution in [2.45, 2.75) is 34.2 Å². The maximum absolute atomic E-state index is 4.52. The third-order valence-corrected chi connectivity index (χ3v) is 3.27. The van der Waals surface area contributed by atoms with Crippen molar-refractivity contribution in [1.82, 2.24) is 15.1 Å². The molecule has 96 valence electrons. The lowest BCUT2D eigenvalue weighted by Gasteiger charge is -2.10. The van der Waals surface area contributed by atoms with Crippen LogP contribution in [-0.4, -0.2) is 16.3 Å². The van der Waals surface area contributed by atoms with Gasteiger partial charge < -0.3 is 5.32 Å². The Labute approximate surface area is 109 Å². The van der Waals surface area contributed by atoms with E-state index in [-0.39, 0.29) is 0 Å². The average molecular weight is 243 g/mol. The van der Waals surface area contributed by atoms with Crippen molar-refractivity contribution in [3.8, 4) is 5.69 Å². The van der Waals surface area contributed by atoms with Crippen LogP contribution in [0.3, 0.4) is 0 Å². The molecule has 1 N–H and O–H groups in total. The third kappa shape index (κ3) is 2.46. The lowest BCUT2D eigenvalue weighted by Crippen LogP contribution is -2.12. The van der Waals surface area contributed by atoms with E-state index in [1.165, 1.54) is 28.1 Å². The van der Waals surface area contributed by atoms with Crippen LogP contribution in [0.2, 0.25) is 0 Å². The first-order chi connectivity index (χ1) is 8.63. The van der Waals surface area contributed by atoms with Crippen LogP contribution >= 0.6 is 0 Å². The summed E-state index contributed by atoms with van der Waals surface area (Å²) >= 11 is 0. The van der Waals surface area contributed by atoms with Gasteiger partial charge in [-0.15, -0.1) is 0 Å². The molecule has 0 unspecified atom stereocenters. The van der Waals surface area contributed by atoms with E-state index in [0.717, 1.165) is 13.1 Å². The highest BCUT2D eigenvalue weighted by Gasteiger charge is 2.09. The first-order valence-electron chi connectivity index (χ1n) is 6.45. The minimum atomic E-state index is 0.882. The number of benzene rings is 1. The molecule has 2 rings (SSSR count). The topological polar surface area (TPSA) is 29.9 Å². The molecule has 0 radical (unpaired) electrons. The molecule has 0 spiro atoms. The van der Waals surface area contributed by atoms with Crippen molar-refractivity contribution < 1.29 is 0 Å². The van der Waals surface area contributed by atoms with E-state index in [1.807, 2.05) is 10.9 Å². The molecule has 1 aromatic heterocycles. The van der Waals surface area contributed by atoms with Gasteiger partial charge >= 0.3 is 0 Å². The summed E-state index contributed by atoms with van der Waals surface area (Å²) in [4.78, 5) is 0. The summed E-state index contributed by atoms with van der Waals surface area (Å²) in [7, 11) is 0. The molecule has 0 saturated carbocycles. The van der Waals surface area contributed by atoms with Crippen molar-refractivity contribution >= 4 is 0 Å². The zero-order chi connectivity index (χ0) is 13.1. The number of aromatic nitrogens is 2. The molecule has 0 aliphatic carbocycles. The molecule has 3 nitrogen and oxygen atoms in total. The van der Waals surface area contributed by atoms with Gasteiger partial charge in [-0.1, -0.05) is 19.1 Å². The van der Waals surface area contributed by atoms with Crippen LogP contribution in [-0.2, 0) is 6.54 Å². The molecule has 0 amide bonds. The molecule has 18 heavy (non-hydrogen) atoms. The largest absolute Gasteiger partial charge is 0.313 e. The summed E-state index contributed by atoms with van der Waals surface area (Å²) in [6, 6.07) is 6.47. The van der Waals surface area contributed by atoms with Gasteiger partial charge in [0.1, 0.15) is 0 Å². The molecule has 0 aliphatic rings. The summed E-state index contributed by atoms with van der Waals surface area (Å²) in [6.07, 6.45) is 1.96. The summed E-state index contributed by atoms with van der Waals surface area (Å²) in [6.45, 7) is 10.3. The standard InChI is InChI=1S/C15H21N3/c1-5-16-9-14-10-17-18(13(14)4)15-8-11(2)6-7-12(15)3/h6-8,10,16H,5,9H2,1-4H3. The Hall–Kier alpha value is -1.61. The lowest BCUT2D eigenvalue weighted by atomic mass is 10.1. The first-order valence-corrected chi connectivity index (χ1v) is 6.45. The van der Waals surface area contributed by atoms with E-state index in [2.05, 4.69) is 56.3 Å². The van der Waals surface area contributed by atoms with E-state index in [9.17, 15) is 0 Å². The Kier molecular flexibility index (Phi) is 3.82. The van der Waals surface area contributed by atoms with Gasteiger partial charge in [0.25, 0.3) is 0 Å². The summed E-state index contributed by atoms with van der Waals surface area (Å²) in [5.41, 5.74) is 6.16. The third-order valence-electron chi connectivity index (χ3n) is 3.27. The lowest BCUT2D eigenvalue weighted by molar-refractivity contribution is 0.721. The van der Waals surface area contributed by atoms with Crippen LogP contribution in [0.1, 0.15) is 29.3 Å². The molecule has 0 aliphatic heterocycles. The Morgan fingerprint density at radius 2 is 2.00 bits per heavy atom. The maximum atomic E-state index is 4.52. The molecule has 0 bridgehead atoms. The molecule has 1 heterocycles. The molecule has 0 atom stereocenters. The van der Waals surface area contributed by atoms with Crippen molar-refractivity contribution in [1.29, 1.82) is 0 Å². The summed E-state index contributed by atoms with van der Waals surface area (Å²) in [5, 5.41) is 7.86. The van der Waals surface area contributed by atoms with Gasteiger partial charge in [0.15, 0.2) is 0 Å². The van der Waals surface area contributed by atoms with Gasteiger partial charge in [-0.25, -0.2) is 4.68 Å². The Morgan fingerprint density at radius 1 is 1.22 bits per heavy atom. The number of aryl methyl sites for hydroxylation is 2. The zero-order valence-corrected chi connectivity index (χ0v) is 11.6. The van der Waals surface area contributed by atoms with E-state index >= 15 is 0 Å². The van der Waals surface area contributed by atoms with Crippen LogP contribution in [0.15, 0.2) is 24.4 Å². The molecular weight excluding hydrogens is 222 g/mol. The minimum Gasteiger partial charge on any atom is -0.313 e. The fourth-order valence-corrected chi connectivity index (χ4v) is 2.07.